The van der Waals surface area contributed by atoms with E-state index >= 15 is 0 Å². The van der Waals surface area contributed by atoms with Gasteiger partial charge in [-0.2, -0.15) is 0 Å². The summed E-state index contributed by atoms with van der Waals surface area (Å²) < 4.78 is 9.70. The molecule has 0 aromatic heterocycles. The zero-order valence-electron chi connectivity index (χ0n) is 20.5. The van der Waals surface area contributed by atoms with Gasteiger partial charge in [-0.05, 0) is 20.3 Å². The normalized spacial score (nSPS) is 12.5. The SMILES string of the molecule is CCCCCCCCCCCCCCCCCC(=O)OC(C)C(=O)OC(C)C(=O)O.[Na+]. The zero-order chi connectivity index (χ0) is 22.6. The summed E-state index contributed by atoms with van der Waals surface area (Å²) in [5.74, 6) is -2.52. The monoisotopic (exact) mass is 451 g/mol. The molecule has 0 amide bonds. The summed E-state index contributed by atoms with van der Waals surface area (Å²) in [7, 11) is 0. The first-order chi connectivity index (χ1) is 14.4. The molecule has 176 valence electrons. The van der Waals surface area contributed by atoms with Crippen LogP contribution in [-0.4, -0.2) is 35.2 Å². The Morgan fingerprint density at radius 1 is 0.645 bits per heavy atom. The Morgan fingerprint density at radius 3 is 1.42 bits per heavy atom. The van der Waals surface area contributed by atoms with E-state index in [2.05, 4.69) is 11.7 Å². The molecule has 0 heterocycles. The summed E-state index contributed by atoms with van der Waals surface area (Å²) in [6.45, 7) is 4.90. The van der Waals surface area contributed by atoms with Crippen molar-refractivity contribution in [3.63, 3.8) is 0 Å². The molecule has 31 heavy (non-hydrogen) atoms. The third-order valence-corrected chi connectivity index (χ3v) is 5.27. The quantitative estimate of drug-likeness (QED) is 0.174. The maximum atomic E-state index is 11.8. The van der Waals surface area contributed by atoms with Crippen LogP contribution in [0.4, 0.5) is 0 Å². The van der Waals surface area contributed by atoms with E-state index in [4.69, 9.17) is 9.84 Å². The van der Waals surface area contributed by atoms with Gasteiger partial charge in [0.25, 0.3) is 0 Å². The molecular weight excluding hydrogens is 407 g/mol. The van der Waals surface area contributed by atoms with Crippen LogP contribution in [0.3, 0.4) is 0 Å². The minimum Gasteiger partial charge on any atom is -0.479 e. The molecule has 2 unspecified atom stereocenters. The predicted octanol–water partition coefficient (Wildman–Crippen LogP) is 3.20. The number of unbranched alkanes of at least 4 members (excludes halogenated alkanes) is 14. The summed E-state index contributed by atoms with van der Waals surface area (Å²) in [5, 5.41) is 8.71. The summed E-state index contributed by atoms with van der Waals surface area (Å²) in [4.78, 5) is 34.1. The van der Waals surface area contributed by atoms with Crippen LogP contribution in [0.2, 0.25) is 0 Å². The van der Waals surface area contributed by atoms with Crippen molar-refractivity contribution in [3.05, 3.63) is 0 Å². The van der Waals surface area contributed by atoms with E-state index < -0.39 is 30.1 Å². The molecule has 0 saturated heterocycles. The van der Waals surface area contributed by atoms with E-state index in [0.717, 1.165) is 19.3 Å². The van der Waals surface area contributed by atoms with Crippen molar-refractivity contribution in [1.29, 1.82) is 0 Å². The van der Waals surface area contributed by atoms with E-state index in [-0.39, 0.29) is 36.0 Å². The number of esters is 2. The van der Waals surface area contributed by atoms with Crippen molar-refractivity contribution in [2.24, 2.45) is 0 Å². The molecule has 6 nitrogen and oxygen atoms in total. The van der Waals surface area contributed by atoms with Gasteiger partial charge in [-0.1, -0.05) is 96.8 Å². The molecule has 0 aromatic carbocycles. The Hall–Kier alpha value is -0.590. The number of carbonyl (C=O) groups excluding carboxylic acids is 2. The summed E-state index contributed by atoms with van der Waals surface area (Å²) >= 11 is 0. The Kier molecular flexibility index (Phi) is 23.8. The second-order valence-corrected chi connectivity index (χ2v) is 8.25. The molecule has 0 rings (SSSR count). The van der Waals surface area contributed by atoms with Crippen molar-refractivity contribution in [1.82, 2.24) is 0 Å². The number of carbonyl (C=O) groups is 3. The van der Waals surface area contributed by atoms with Gasteiger partial charge in [0.15, 0.2) is 12.2 Å². The molecule has 0 radical (unpaired) electrons. The molecule has 0 bridgehead atoms. The molecule has 0 aromatic rings. The van der Waals surface area contributed by atoms with E-state index in [1.807, 2.05) is 0 Å². The Bertz CT molecular complexity index is 469. The fraction of sp³-hybridized carbons (Fsp3) is 0.875. The number of carboxylic acid groups (broad SMARTS) is 1. The van der Waals surface area contributed by atoms with Crippen LogP contribution < -0.4 is 29.6 Å². The molecule has 0 aliphatic rings. The maximum Gasteiger partial charge on any atom is 1.00 e. The summed E-state index contributed by atoms with van der Waals surface area (Å²) in [6.07, 6.45) is 16.8. The number of hydrogen-bond donors (Lipinski definition) is 1. The first-order valence-corrected chi connectivity index (χ1v) is 12.0. The smallest absolute Gasteiger partial charge is 0.479 e. The second-order valence-electron chi connectivity index (χ2n) is 8.25. The van der Waals surface area contributed by atoms with Crippen LogP contribution in [0, 0.1) is 0 Å². The number of hydrogen-bond acceptors (Lipinski definition) is 5. The fourth-order valence-electron chi connectivity index (χ4n) is 3.27. The van der Waals surface area contributed by atoms with Gasteiger partial charge in [0.05, 0.1) is 0 Å². The van der Waals surface area contributed by atoms with Crippen LogP contribution in [0.5, 0.6) is 0 Å². The van der Waals surface area contributed by atoms with Crippen molar-refractivity contribution < 1.29 is 58.5 Å². The largest absolute Gasteiger partial charge is 1.00 e. The van der Waals surface area contributed by atoms with Crippen molar-refractivity contribution in [2.75, 3.05) is 0 Å². The Morgan fingerprint density at radius 2 is 1.03 bits per heavy atom. The van der Waals surface area contributed by atoms with Gasteiger partial charge in [0.2, 0.25) is 0 Å². The van der Waals surface area contributed by atoms with Crippen LogP contribution in [0.15, 0.2) is 0 Å². The van der Waals surface area contributed by atoms with Crippen molar-refractivity contribution in [3.8, 4) is 0 Å². The van der Waals surface area contributed by atoms with Gasteiger partial charge in [-0.15, -0.1) is 0 Å². The topological polar surface area (TPSA) is 89.9 Å². The molecular formula is C24H44NaO6+. The average Bonchev–Trinajstić information content (AvgIpc) is 2.70. The van der Waals surface area contributed by atoms with Gasteiger partial charge in [-0.3, -0.25) is 4.79 Å². The van der Waals surface area contributed by atoms with Gasteiger partial charge in [-0.25, -0.2) is 9.59 Å². The molecule has 0 aliphatic carbocycles. The van der Waals surface area contributed by atoms with Crippen LogP contribution in [-0.2, 0) is 23.9 Å². The standard InChI is InChI=1S/C24H44O6.Na/c1-4-5-6-7-8-9-10-11-12-13-14-15-16-17-18-19-22(25)29-21(3)24(28)30-20(2)23(26)27;/h20-21H,4-19H2,1-3H3,(H,26,27);/q;+1. The number of aliphatic carboxylic acids is 1. The number of rotatable bonds is 20. The van der Waals surface area contributed by atoms with E-state index in [1.54, 1.807) is 0 Å². The summed E-state index contributed by atoms with van der Waals surface area (Å²) in [6, 6.07) is 0. The van der Waals surface area contributed by atoms with Gasteiger partial charge in [0.1, 0.15) is 0 Å². The first kappa shape index (κ1) is 32.6. The predicted molar refractivity (Wildman–Crippen MR) is 118 cm³/mol. The minimum absolute atomic E-state index is 0. The minimum atomic E-state index is -1.26. The van der Waals surface area contributed by atoms with Gasteiger partial charge in [0, 0.05) is 6.42 Å². The van der Waals surface area contributed by atoms with Crippen LogP contribution in [0.1, 0.15) is 124 Å². The first-order valence-electron chi connectivity index (χ1n) is 12.0. The molecule has 0 aliphatic heterocycles. The van der Waals surface area contributed by atoms with Crippen molar-refractivity contribution in [2.45, 2.75) is 136 Å². The third-order valence-electron chi connectivity index (χ3n) is 5.27. The van der Waals surface area contributed by atoms with Crippen LogP contribution >= 0.6 is 0 Å². The van der Waals surface area contributed by atoms with Crippen LogP contribution in [0.25, 0.3) is 0 Å². The number of carboxylic acids is 1. The molecule has 0 spiro atoms. The fourth-order valence-corrected chi connectivity index (χ4v) is 3.27. The van der Waals surface area contributed by atoms with Gasteiger partial charge < -0.3 is 14.6 Å². The second kappa shape index (κ2) is 22.6. The average molecular weight is 452 g/mol. The van der Waals surface area contributed by atoms with E-state index in [0.29, 0.717) is 0 Å². The molecule has 7 heteroatoms. The summed E-state index contributed by atoms with van der Waals surface area (Å²) in [5.41, 5.74) is 0. The van der Waals surface area contributed by atoms with E-state index in [1.165, 1.54) is 90.9 Å². The maximum absolute atomic E-state index is 11.8. The molecule has 0 saturated carbocycles. The molecule has 0 fully saturated rings. The zero-order valence-corrected chi connectivity index (χ0v) is 22.5. The molecule has 2 atom stereocenters. The Labute approximate surface area is 211 Å². The van der Waals surface area contributed by atoms with E-state index in [9.17, 15) is 14.4 Å². The van der Waals surface area contributed by atoms with Crippen molar-refractivity contribution >= 4 is 17.9 Å². The molecule has 1 N–H and O–H groups in total. The third kappa shape index (κ3) is 21.0. The number of ether oxygens (including phenoxy) is 2. The van der Waals surface area contributed by atoms with Gasteiger partial charge >= 0.3 is 47.5 Å². The Balaban J connectivity index is 0.